The predicted octanol–water partition coefficient (Wildman–Crippen LogP) is 3.42. The Bertz CT molecular complexity index is 219. The van der Waals surface area contributed by atoms with E-state index in [9.17, 15) is 0 Å². The Hall–Kier alpha value is -0.0800. The maximum absolute atomic E-state index is 3.66. The number of nitrogens with zero attached hydrogens (tertiary/aromatic N) is 1. The molecule has 2 fully saturated rings. The highest BCUT2D eigenvalue weighted by Gasteiger charge is 2.28. The summed E-state index contributed by atoms with van der Waals surface area (Å²) in [5.74, 6) is 1.03. The molecule has 1 aliphatic heterocycles. The first-order chi connectivity index (χ1) is 8.79. The zero-order valence-electron chi connectivity index (χ0n) is 12.5. The van der Waals surface area contributed by atoms with Gasteiger partial charge in [0.05, 0.1) is 0 Å². The van der Waals surface area contributed by atoms with Gasteiger partial charge in [-0.1, -0.05) is 26.2 Å². The third-order valence-corrected chi connectivity index (χ3v) is 4.66. The highest BCUT2D eigenvalue weighted by molar-refractivity contribution is 4.84. The first-order valence-corrected chi connectivity index (χ1v) is 8.27. The fourth-order valence-electron chi connectivity index (χ4n) is 3.13. The SMILES string of the molecule is CCCCCC(C)N(CC1CC1)CC1CCCN1. The lowest BCUT2D eigenvalue weighted by Gasteiger charge is -2.31. The maximum atomic E-state index is 3.66. The van der Waals surface area contributed by atoms with Crippen LogP contribution in [0.1, 0.15) is 65.2 Å². The van der Waals surface area contributed by atoms with Gasteiger partial charge in [-0.25, -0.2) is 0 Å². The van der Waals surface area contributed by atoms with Crippen molar-refractivity contribution in [3.8, 4) is 0 Å². The van der Waals surface area contributed by atoms with Crippen LogP contribution >= 0.6 is 0 Å². The molecule has 1 saturated carbocycles. The number of hydrogen-bond donors (Lipinski definition) is 1. The van der Waals surface area contributed by atoms with E-state index in [4.69, 9.17) is 0 Å². The fourth-order valence-corrected chi connectivity index (χ4v) is 3.13. The lowest BCUT2D eigenvalue weighted by atomic mass is 10.1. The van der Waals surface area contributed by atoms with E-state index in [0.29, 0.717) is 0 Å². The predicted molar refractivity (Wildman–Crippen MR) is 78.9 cm³/mol. The molecule has 1 saturated heterocycles. The van der Waals surface area contributed by atoms with Gasteiger partial charge in [-0.3, -0.25) is 4.90 Å². The van der Waals surface area contributed by atoms with E-state index in [-0.39, 0.29) is 0 Å². The standard InChI is InChI=1S/C16H32N2/c1-3-4-5-7-14(2)18(12-15-9-10-15)13-16-8-6-11-17-16/h14-17H,3-13H2,1-2H3. The fraction of sp³-hybridized carbons (Fsp3) is 1.00. The smallest absolute Gasteiger partial charge is 0.0195 e. The van der Waals surface area contributed by atoms with E-state index in [2.05, 4.69) is 24.1 Å². The Labute approximate surface area is 114 Å². The molecule has 1 aliphatic carbocycles. The van der Waals surface area contributed by atoms with Gasteiger partial charge >= 0.3 is 0 Å². The lowest BCUT2D eigenvalue weighted by molar-refractivity contribution is 0.172. The topological polar surface area (TPSA) is 15.3 Å². The normalized spacial score (nSPS) is 25.8. The Morgan fingerprint density at radius 2 is 2.00 bits per heavy atom. The Morgan fingerprint density at radius 1 is 1.17 bits per heavy atom. The van der Waals surface area contributed by atoms with Crippen LogP contribution in [0, 0.1) is 5.92 Å². The minimum atomic E-state index is 0.775. The number of unbranched alkanes of at least 4 members (excludes halogenated alkanes) is 2. The molecule has 2 heteroatoms. The van der Waals surface area contributed by atoms with Gasteiger partial charge in [-0.2, -0.15) is 0 Å². The molecule has 2 unspecified atom stereocenters. The van der Waals surface area contributed by atoms with E-state index < -0.39 is 0 Å². The second-order valence-electron chi connectivity index (χ2n) is 6.54. The first-order valence-electron chi connectivity index (χ1n) is 8.27. The third kappa shape index (κ3) is 4.89. The van der Waals surface area contributed by atoms with Crippen LogP contribution in [0.4, 0.5) is 0 Å². The van der Waals surface area contributed by atoms with Crippen LogP contribution in [0.5, 0.6) is 0 Å². The summed E-state index contributed by atoms with van der Waals surface area (Å²) in [6.45, 7) is 8.66. The number of hydrogen-bond acceptors (Lipinski definition) is 2. The molecule has 0 amide bonds. The molecular formula is C16H32N2. The van der Waals surface area contributed by atoms with Crippen LogP contribution in [-0.2, 0) is 0 Å². The summed E-state index contributed by atoms with van der Waals surface area (Å²) in [5, 5.41) is 3.66. The van der Waals surface area contributed by atoms with Crippen LogP contribution < -0.4 is 5.32 Å². The van der Waals surface area contributed by atoms with E-state index >= 15 is 0 Å². The van der Waals surface area contributed by atoms with Gasteiger partial charge in [0.25, 0.3) is 0 Å². The summed E-state index contributed by atoms with van der Waals surface area (Å²) in [6.07, 6.45) is 11.3. The summed E-state index contributed by atoms with van der Waals surface area (Å²) in [7, 11) is 0. The summed E-state index contributed by atoms with van der Waals surface area (Å²) in [6, 6.07) is 1.57. The third-order valence-electron chi connectivity index (χ3n) is 4.66. The van der Waals surface area contributed by atoms with Crippen molar-refractivity contribution < 1.29 is 0 Å². The summed E-state index contributed by atoms with van der Waals surface area (Å²) < 4.78 is 0. The maximum Gasteiger partial charge on any atom is 0.0195 e. The van der Waals surface area contributed by atoms with E-state index in [1.165, 1.54) is 71.0 Å². The molecule has 2 atom stereocenters. The van der Waals surface area contributed by atoms with E-state index in [0.717, 1.165) is 18.0 Å². The average Bonchev–Trinajstić information content (AvgIpc) is 3.03. The average molecular weight is 252 g/mol. The Balaban J connectivity index is 1.74. The van der Waals surface area contributed by atoms with Crippen molar-refractivity contribution in [1.29, 1.82) is 0 Å². The van der Waals surface area contributed by atoms with E-state index in [1.54, 1.807) is 0 Å². The van der Waals surface area contributed by atoms with Gasteiger partial charge in [0.2, 0.25) is 0 Å². The second-order valence-corrected chi connectivity index (χ2v) is 6.54. The molecule has 1 heterocycles. The van der Waals surface area contributed by atoms with Crippen LogP contribution in [0.25, 0.3) is 0 Å². The van der Waals surface area contributed by atoms with E-state index in [1.807, 2.05) is 0 Å². The van der Waals surface area contributed by atoms with Crippen molar-refractivity contribution in [3.05, 3.63) is 0 Å². The molecule has 0 aromatic rings. The first kappa shape index (κ1) is 14.3. The van der Waals surface area contributed by atoms with Crippen molar-refractivity contribution in [2.75, 3.05) is 19.6 Å². The molecule has 2 nitrogen and oxygen atoms in total. The molecule has 1 N–H and O–H groups in total. The van der Waals surface area contributed by atoms with Crippen molar-refractivity contribution in [2.45, 2.75) is 77.3 Å². The highest BCUT2D eigenvalue weighted by atomic mass is 15.2. The molecule has 106 valence electrons. The molecule has 0 aromatic carbocycles. The summed E-state index contributed by atoms with van der Waals surface area (Å²) in [5.41, 5.74) is 0. The molecule has 18 heavy (non-hydrogen) atoms. The molecular weight excluding hydrogens is 220 g/mol. The molecule has 0 radical (unpaired) electrons. The van der Waals surface area contributed by atoms with Crippen LogP contribution in [0.2, 0.25) is 0 Å². The molecule has 0 spiro atoms. The summed E-state index contributed by atoms with van der Waals surface area (Å²) >= 11 is 0. The highest BCUT2D eigenvalue weighted by Crippen LogP contribution is 2.31. The number of nitrogens with one attached hydrogen (secondary N) is 1. The van der Waals surface area contributed by atoms with Crippen molar-refractivity contribution in [1.82, 2.24) is 10.2 Å². The van der Waals surface area contributed by atoms with Gasteiger partial charge in [-0.15, -0.1) is 0 Å². The minimum Gasteiger partial charge on any atom is -0.313 e. The number of rotatable bonds is 9. The quantitative estimate of drug-likeness (QED) is 0.633. The van der Waals surface area contributed by atoms with Crippen LogP contribution in [0.15, 0.2) is 0 Å². The van der Waals surface area contributed by atoms with Crippen LogP contribution in [0.3, 0.4) is 0 Å². The van der Waals surface area contributed by atoms with Crippen molar-refractivity contribution >= 4 is 0 Å². The van der Waals surface area contributed by atoms with Crippen LogP contribution in [-0.4, -0.2) is 36.6 Å². The summed E-state index contributed by atoms with van der Waals surface area (Å²) in [4.78, 5) is 2.79. The molecule has 0 aromatic heterocycles. The lowest BCUT2D eigenvalue weighted by Crippen LogP contribution is -2.43. The van der Waals surface area contributed by atoms with Gasteiger partial charge in [0.15, 0.2) is 0 Å². The minimum absolute atomic E-state index is 0.775. The van der Waals surface area contributed by atoms with Gasteiger partial charge in [0.1, 0.15) is 0 Å². The monoisotopic (exact) mass is 252 g/mol. The van der Waals surface area contributed by atoms with Gasteiger partial charge in [-0.05, 0) is 51.5 Å². The van der Waals surface area contributed by atoms with Crippen molar-refractivity contribution in [3.63, 3.8) is 0 Å². The Kier molecular flexibility index (Phi) is 5.97. The molecule has 2 rings (SSSR count). The second kappa shape index (κ2) is 7.49. The molecule has 2 aliphatic rings. The Morgan fingerprint density at radius 3 is 2.61 bits per heavy atom. The van der Waals surface area contributed by atoms with Gasteiger partial charge in [0, 0.05) is 25.2 Å². The van der Waals surface area contributed by atoms with Gasteiger partial charge < -0.3 is 5.32 Å². The molecule has 0 bridgehead atoms. The largest absolute Gasteiger partial charge is 0.313 e. The van der Waals surface area contributed by atoms with Crippen molar-refractivity contribution in [2.24, 2.45) is 5.92 Å². The zero-order valence-corrected chi connectivity index (χ0v) is 12.5. The zero-order chi connectivity index (χ0) is 12.8.